The maximum atomic E-state index is 12.7. The van der Waals surface area contributed by atoms with Crippen molar-refractivity contribution in [3.63, 3.8) is 0 Å². The van der Waals surface area contributed by atoms with Crippen molar-refractivity contribution in [2.75, 3.05) is 6.61 Å². The minimum Gasteiger partial charge on any atom is -0.394 e. The van der Waals surface area contributed by atoms with Crippen molar-refractivity contribution in [1.29, 1.82) is 0 Å². The second-order valence-corrected chi connectivity index (χ2v) is 6.18. The first-order valence-electron chi connectivity index (χ1n) is 7.46. The lowest BCUT2D eigenvalue weighted by atomic mass is 9.96. The Kier molecular flexibility index (Phi) is 3.53. The third-order valence-electron chi connectivity index (χ3n) is 4.59. The normalized spacial score (nSPS) is 15.6. The van der Waals surface area contributed by atoms with E-state index in [0.29, 0.717) is 24.1 Å². The number of carbonyl (C=O) groups excluding carboxylic acids is 1. The van der Waals surface area contributed by atoms with Gasteiger partial charge >= 0.3 is 0 Å². The van der Waals surface area contributed by atoms with Gasteiger partial charge in [-0.2, -0.15) is 5.10 Å². The van der Waals surface area contributed by atoms with Gasteiger partial charge < -0.3 is 10.4 Å². The summed E-state index contributed by atoms with van der Waals surface area (Å²) in [6.45, 7) is 3.63. The van der Waals surface area contributed by atoms with E-state index in [9.17, 15) is 9.90 Å². The third-order valence-corrected chi connectivity index (χ3v) is 4.59. The van der Waals surface area contributed by atoms with Gasteiger partial charge in [0.1, 0.15) is 0 Å². The highest BCUT2D eigenvalue weighted by Crippen LogP contribution is 2.30. The first-order valence-corrected chi connectivity index (χ1v) is 7.46. The molecule has 0 unspecified atom stereocenters. The molecule has 0 saturated carbocycles. The highest BCUT2D eigenvalue weighted by atomic mass is 16.3. The van der Waals surface area contributed by atoms with E-state index < -0.39 is 5.54 Å². The molecule has 116 valence electrons. The van der Waals surface area contributed by atoms with E-state index in [1.165, 1.54) is 11.1 Å². The maximum Gasteiger partial charge on any atom is 0.255 e. The van der Waals surface area contributed by atoms with Gasteiger partial charge in [-0.05, 0) is 37.8 Å². The zero-order chi connectivity index (χ0) is 15.9. The lowest BCUT2D eigenvalue weighted by Gasteiger charge is -2.28. The molecule has 0 bridgehead atoms. The van der Waals surface area contributed by atoms with Crippen molar-refractivity contribution >= 4 is 5.91 Å². The molecule has 1 aromatic heterocycles. The molecule has 1 aliphatic carbocycles. The summed E-state index contributed by atoms with van der Waals surface area (Å²) < 4.78 is 1.71. The van der Waals surface area contributed by atoms with Crippen LogP contribution in [0.5, 0.6) is 0 Å². The van der Waals surface area contributed by atoms with Gasteiger partial charge in [-0.1, -0.05) is 24.3 Å². The van der Waals surface area contributed by atoms with Crippen molar-refractivity contribution in [1.82, 2.24) is 15.1 Å². The number of aliphatic hydroxyl groups excluding tert-OH is 1. The zero-order valence-electron chi connectivity index (χ0n) is 13.2. The van der Waals surface area contributed by atoms with E-state index in [2.05, 4.69) is 22.5 Å². The molecular formula is C17H21N3O2. The molecule has 0 fully saturated rings. The number of nitrogens with zero attached hydrogens (tertiary/aromatic N) is 2. The molecular weight excluding hydrogens is 278 g/mol. The number of aryl methyl sites for hydroxylation is 2. The number of aromatic nitrogens is 2. The van der Waals surface area contributed by atoms with Crippen LogP contribution >= 0.6 is 0 Å². The number of nitrogens with one attached hydrogen (secondary N) is 1. The fourth-order valence-corrected chi connectivity index (χ4v) is 3.34. The van der Waals surface area contributed by atoms with Gasteiger partial charge in [0.2, 0.25) is 0 Å². The van der Waals surface area contributed by atoms with Gasteiger partial charge in [0, 0.05) is 12.7 Å². The monoisotopic (exact) mass is 299 g/mol. The van der Waals surface area contributed by atoms with E-state index >= 15 is 0 Å². The summed E-state index contributed by atoms with van der Waals surface area (Å²) in [6.07, 6.45) is 1.31. The molecule has 0 atom stereocenters. The summed E-state index contributed by atoms with van der Waals surface area (Å²) in [7, 11) is 1.83. The maximum absolute atomic E-state index is 12.7. The molecule has 5 heteroatoms. The first-order chi connectivity index (χ1) is 10.5. The van der Waals surface area contributed by atoms with Crippen LogP contribution < -0.4 is 5.32 Å². The van der Waals surface area contributed by atoms with Gasteiger partial charge in [-0.15, -0.1) is 0 Å². The predicted molar refractivity (Wildman–Crippen MR) is 83.8 cm³/mol. The second kappa shape index (κ2) is 5.25. The largest absolute Gasteiger partial charge is 0.394 e. The smallest absolute Gasteiger partial charge is 0.255 e. The Hall–Kier alpha value is -2.14. The molecule has 0 saturated heterocycles. The van der Waals surface area contributed by atoms with Crippen molar-refractivity contribution in [2.24, 2.45) is 7.05 Å². The van der Waals surface area contributed by atoms with Crippen molar-refractivity contribution in [2.45, 2.75) is 32.2 Å². The third kappa shape index (κ3) is 2.31. The van der Waals surface area contributed by atoms with Crippen LogP contribution in [0, 0.1) is 13.8 Å². The van der Waals surface area contributed by atoms with Crippen LogP contribution in [0.3, 0.4) is 0 Å². The standard InChI is InChI=1S/C17H21N3O2/c1-11-15(12(2)20(3)19-11)16(22)18-17(10-21)8-13-6-4-5-7-14(13)9-17/h4-7,21H,8-10H2,1-3H3,(H,18,22). The number of hydrogen-bond donors (Lipinski definition) is 2. The van der Waals surface area contributed by atoms with Gasteiger partial charge in [0.25, 0.3) is 5.91 Å². The van der Waals surface area contributed by atoms with Crippen LogP contribution in [0.15, 0.2) is 24.3 Å². The van der Waals surface area contributed by atoms with Gasteiger partial charge in [-0.25, -0.2) is 0 Å². The fourth-order valence-electron chi connectivity index (χ4n) is 3.34. The summed E-state index contributed by atoms with van der Waals surface area (Å²) in [6, 6.07) is 8.09. The number of amides is 1. The summed E-state index contributed by atoms with van der Waals surface area (Å²) in [4.78, 5) is 12.7. The molecule has 1 aliphatic rings. The lowest BCUT2D eigenvalue weighted by molar-refractivity contribution is 0.0841. The number of rotatable bonds is 3. The van der Waals surface area contributed by atoms with Gasteiger partial charge in [-0.3, -0.25) is 9.48 Å². The molecule has 22 heavy (non-hydrogen) atoms. The number of carbonyl (C=O) groups is 1. The predicted octanol–water partition coefficient (Wildman–Crippen LogP) is 1.30. The lowest BCUT2D eigenvalue weighted by Crippen LogP contribution is -2.52. The van der Waals surface area contributed by atoms with Gasteiger partial charge in [0.15, 0.2) is 0 Å². The highest BCUT2D eigenvalue weighted by Gasteiger charge is 2.38. The topological polar surface area (TPSA) is 67.2 Å². The molecule has 0 aliphatic heterocycles. The molecule has 0 spiro atoms. The van der Waals surface area contributed by atoms with Crippen molar-refractivity contribution < 1.29 is 9.90 Å². The second-order valence-electron chi connectivity index (χ2n) is 6.18. The van der Waals surface area contributed by atoms with Crippen LogP contribution in [0.2, 0.25) is 0 Å². The Bertz CT molecular complexity index is 709. The Morgan fingerprint density at radius 2 is 1.91 bits per heavy atom. The number of fused-ring (bicyclic) bond motifs is 1. The molecule has 1 amide bonds. The van der Waals surface area contributed by atoms with E-state index in [1.807, 2.05) is 33.0 Å². The van der Waals surface area contributed by atoms with E-state index in [4.69, 9.17) is 0 Å². The van der Waals surface area contributed by atoms with Crippen LogP contribution in [-0.2, 0) is 19.9 Å². The highest BCUT2D eigenvalue weighted by molar-refractivity contribution is 5.97. The summed E-state index contributed by atoms with van der Waals surface area (Å²) in [5.74, 6) is -0.162. The Labute approximate surface area is 130 Å². The van der Waals surface area contributed by atoms with Crippen molar-refractivity contribution in [3.05, 3.63) is 52.3 Å². The average Bonchev–Trinajstić information content (AvgIpc) is 2.96. The Morgan fingerprint density at radius 3 is 2.36 bits per heavy atom. The van der Waals surface area contributed by atoms with Gasteiger partial charge in [0.05, 0.1) is 23.4 Å². The number of aliphatic hydroxyl groups is 1. The first kappa shape index (κ1) is 14.8. The minimum absolute atomic E-state index is 0.0776. The van der Waals surface area contributed by atoms with Crippen LogP contribution in [0.4, 0.5) is 0 Å². The fraction of sp³-hybridized carbons (Fsp3) is 0.412. The summed E-state index contributed by atoms with van der Waals surface area (Å²) in [5, 5.41) is 17.2. The molecule has 1 heterocycles. The van der Waals surface area contributed by atoms with E-state index in [0.717, 1.165) is 5.69 Å². The van der Waals surface area contributed by atoms with E-state index in [1.54, 1.807) is 4.68 Å². The Balaban J connectivity index is 1.87. The van der Waals surface area contributed by atoms with Crippen LogP contribution in [0.1, 0.15) is 32.9 Å². The summed E-state index contributed by atoms with van der Waals surface area (Å²) in [5.41, 5.74) is 3.91. The quantitative estimate of drug-likeness (QED) is 0.897. The molecule has 2 aromatic rings. The number of benzene rings is 1. The molecule has 3 rings (SSSR count). The molecule has 2 N–H and O–H groups in total. The molecule has 1 aromatic carbocycles. The average molecular weight is 299 g/mol. The zero-order valence-corrected chi connectivity index (χ0v) is 13.2. The summed E-state index contributed by atoms with van der Waals surface area (Å²) >= 11 is 0. The minimum atomic E-state index is -0.616. The van der Waals surface area contributed by atoms with E-state index in [-0.39, 0.29) is 12.5 Å². The van der Waals surface area contributed by atoms with Crippen LogP contribution in [-0.4, -0.2) is 32.9 Å². The van der Waals surface area contributed by atoms with Crippen LogP contribution in [0.25, 0.3) is 0 Å². The number of hydrogen-bond acceptors (Lipinski definition) is 3. The molecule has 0 radical (unpaired) electrons. The van der Waals surface area contributed by atoms with Crippen molar-refractivity contribution in [3.8, 4) is 0 Å². The molecule has 5 nitrogen and oxygen atoms in total. The Morgan fingerprint density at radius 1 is 1.32 bits per heavy atom. The SMILES string of the molecule is Cc1nn(C)c(C)c1C(=O)NC1(CO)Cc2ccccc2C1.